The van der Waals surface area contributed by atoms with Crippen molar-refractivity contribution in [3.8, 4) is 5.75 Å². The number of pyridine rings is 1. The van der Waals surface area contributed by atoms with Gasteiger partial charge in [-0.3, -0.25) is 9.69 Å². The molecule has 7 heteroatoms. The number of hydrogen-bond donors (Lipinski definition) is 1. The summed E-state index contributed by atoms with van der Waals surface area (Å²) in [5.74, 6) is 0.624. The van der Waals surface area contributed by atoms with Gasteiger partial charge < -0.3 is 9.72 Å². The first-order chi connectivity index (χ1) is 13.5. The van der Waals surface area contributed by atoms with Crippen LogP contribution in [0, 0.1) is 0 Å². The van der Waals surface area contributed by atoms with Gasteiger partial charge in [0.25, 0.3) is 5.56 Å². The molecule has 3 aromatic rings. The molecule has 0 radical (unpaired) electrons. The summed E-state index contributed by atoms with van der Waals surface area (Å²) in [7, 11) is 0. The smallest absolute Gasteiger partial charge is 0.255 e. The van der Waals surface area contributed by atoms with Crippen molar-refractivity contribution in [2.24, 2.45) is 0 Å². The number of piperidine rings is 1. The fraction of sp³-hybridized carbons (Fsp3) is 0.286. The zero-order chi connectivity index (χ0) is 19.7. The van der Waals surface area contributed by atoms with Gasteiger partial charge >= 0.3 is 0 Å². The second-order valence-corrected chi connectivity index (χ2v) is 8.26. The Morgan fingerprint density at radius 2 is 1.82 bits per heavy atom. The molecule has 4 nitrogen and oxygen atoms in total. The predicted molar refractivity (Wildman–Crippen MR) is 115 cm³/mol. The summed E-state index contributed by atoms with van der Waals surface area (Å²) in [5.41, 5.74) is 0.924. The van der Waals surface area contributed by atoms with E-state index in [1.165, 1.54) is 0 Å². The van der Waals surface area contributed by atoms with Gasteiger partial charge in [0.05, 0.1) is 5.02 Å². The molecule has 1 aliphatic heterocycles. The molecule has 0 spiro atoms. The van der Waals surface area contributed by atoms with E-state index in [0.29, 0.717) is 26.2 Å². The topological polar surface area (TPSA) is 45.3 Å². The third-order valence-corrected chi connectivity index (χ3v) is 5.95. The lowest BCUT2D eigenvalue weighted by Crippen LogP contribution is -2.37. The van der Waals surface area contributed by atoms with Crippen molar-refractivity contribution in [2.45, 2.75) is 25.5 Å². The third-order valence-electron chi connectivity index (χ3n) is 5.06. The highest BCUT2D eigenvalue weighted by atomic mass is 35.5. The van der Waals surface area contributed by atoms with Gasteiger partial charge in [0.1, 0.15) is 11.9 Å². The van der Waals surface area contributed by atoms with Gasteiger partial charge in [0.15, 0.2) is 0 Å². The fourth-order valence-electron chi connectivity index (χ4n) is 3.53. The van der Waals surface area contributed by atoms with Crippen molar-refractivity contribution < 1.29 is 4.74 Å². The van der Waals surface area contributed by atoms with Crippen LogP contribution in [0.4, 0.5) is 0 Å². The van der Waals surface area contributed by atoms with E-state index in [-0.39, 0.29) is 11.7 Å². The zero-order valence-electron chi connectivity index (χ0n) is 15.1. The molecule has 2 aromatic carbocycles. The Balaban J connectivity index is 1.40. The average molecular weight is 438 g/mol. The number of benzene rings is 2. The van der Waals surface area contributed by atoms with Gasteiger partial charge in [-0.2, -0.15) is 0 Å². The molecule has 0 saturated carbocycles. The standard InChI is InChI=1S/C21H19Cl3N2O2/c22-15-2-1-14(18(23)10-15)12-26-7-4-16(5-8-26)28-20-9-13-3-6-25-21(27)17(13)11-19(20)24/h1-3,6,9-11,16H,4-5,7-8,12H2,(H,25,27). The maximum atomic E-state index is 11.9. The van der Waals surface area contributed by atoms with Crippen LogP contribution in [0.15, 0.2) is 47.4 Å². The minimum Gasteiger partial charge on any atom is -0.489 e. The number of aromatic amines is 1. The molecular weight excluding hydrogens is 419 g/mol. The van der Waals surface area contributed by atoms with Gasteiger partial charge in [-0.15, -0.1) is 0 Å². The summed E-state index contributed by atoms with van der Waals surface area (Å²) in [6, 6.07) is 11.0. The van der Waals surface area contributed by atoms with E-state index in [9.17, 15) is 4.79 Å². The van der Waals surface area contributed by atoms with Crippen molar-refractivity contribution in [1.29, 1.82) is 0 Å². The first kappa shape index (κ1) is 19.6. The maximum Gasteiger partial charge on any atom is 0.255 e. The summed E-state index contributed by atoms with van der Waals surface area (Å²) in [4.78, 5) is 16.9. The Morgan fingerprint density at radius 3 is 2.57 bits per heavy atom. The summed E-state index contributed by atoms with van der Waals surface area (Å²) >= 11 is 18.6. The Labute approximate surface area is 178 Å². The van der Waals surface area contributed by atoms with Crippen LogP contribution in [0.1, 0.15) is 18.4 Å². The van der Waals surface area contributed by atoms with E-state index in [1.54, 1.807) is 18.3 Å². The molecule has 1 aliphatic rings. The summed E-state index contributed by atoms with van der Waals surface area (Å²) in [5, 5.41) is 3.19. The molecule has 0 unspecified atom stereocenters. The van der Waals surface area contributed by atoms with E-state index in [2.05, 4.69) is 9.88 Å². The van der Waals surface area contributed by atoms with Gasteiger partial charge in [0.2, 0.25) is 0 Å². The quantitative estimate of drug-likeness (QED) is 0.583. The SMILES string of the molecule is O=c1[nH]ccc2cc(OC3CCN(Cc4ccc(Cl)cc4Cl)CC3)c(Cl)cc12. The maximum absolute atomic E-state index is 11.9. The molecule has 1 saturated heterocycles. The van der Waals surface area contributed by atoms with E-state index < -0.39 is 0 Å². The number of hydrogen-bond acceptors (Lipinski definition) is 3. The molecule has 0 atom stereocenters. The first-order valence-corrected chi connectivity index (χ1v) is 10.3. The average Bonchev–Trinajstić information content (AvgIpc) is 2.67. The van der Waals surface area contributed by atoms with Crippen LogP contribution in [0.25, 0.3) is 10.8 Å². The van der Waals surface area contributed by atoms with Crippen LogP contribution < -0.4 is 10.3 Å². The van der Waals surface area contributed by atoms with Gasteiger partial charge in [-0.1, -0.05) is 40.9 Å². The van der Waals surface area contributed by atoms with Crippen LogP contribution in [0.5, 0.6) is 5.75 Å². The second-order valence-electron chi connectivity index (χ2n) is 7.01. The summed E-state index contributed by atoms with van der Waals surface area (Å²) in [6.45, 7) is 2.62. The van der Waals surface area contributed by atoms with E-state index in [4.69, 9.17) is 39.5 Å². The molecule has 0 aliphatic carbocycles. The Hall–Kier alpha value is -1.72. The van der Waals surface area contributed by atoms with Crippen LogP contribution in [-0.4, -0.2) is 29.1 Å². The van der Waals surface area contributed by atoms with Crippen molar-refractivity contribution in [3.63, 3.8) is 0 Å². The molecule has 4 rings (SSSR count). The minimum absolute atomic E-state index is 0.0916. The van der Waals surface area contributed by atoms with Crippen LogP contribution >= 0.6 is 34.8 Å². The van der Waals surface area contributed by atoms with Gasteiger partial charge in [0, 0.05) is 41.3 Å². The van der Waals surface area contributed by atoms with Crippen LogP contribution in [-0.2, 0) is 6.54 Å². The van der Waals surface area contributed by atoms with E-state index in [1.807, 2.05) is 24.3 Å². The lowest BCUT2D eigenvalue weighted by atomic mass is 10.1. The number of nitrogens with zero attached hydrogens (tertiary/aromatic N) is 1. The number of H-pyrrole nitrogens is 1. The van der Waals surface area contributed by atoms with Crippen molar-refractivity contribution in [2.75, 3.05) is 13.1 Å². The number of ether oxygens (including phenoxy) is 1. The highest BCUT2D eigenvalue weighted by Crippen LogP contribution is 2.31. The lowest BCUT2D eigenvalue weighted by Gasteiger charge is -2.32. The Bertz CT molecular complexity index is 1060. The minimum atomic E-state index is -0.153. The van der Waals surface area contributed by atoms with Gasteiger partial charge in [-0.05, 0) is 54.1 Å². The normalized spacial score (nSPS) is 15.8. The van der Waals surface area contributed by atoms with Crippen LogP contribution in [0.2, 0.25) is 15.1 Å². The monoisotopic (exact) mass is 436 g/mol. The number of fused-ring (bicyclic) bond motifs is 1. The van der Waals surface area contributed by atoms with E-state index >= 15 is 0 Å². The van der Waals surface area contributed by atoms with Crippen molar-refractivity contribution >= 4 is 45.6 Å². The molecule has 1 N–H and O–H groups in total. The molecular formula is C21H19Cl3N2O2. The number of nitrogens with one attached hydrogen (secondary N) is 1. The second kappa shape index (κ2) is 8.34. The van der Waals surface area contributed by atoms with Gasteiger partial charge in [-0.25, -0.2) is 0 Å². The number of rotatable bonds is 4. The number of likely N-dealkylation sites (tertiary alicyclic amines) is 1. The highest BCUT2D eigenvalue weighted by Gasteiger charge is 2.22. The van der Waals surface area contributed by atoms with E-state index in [0.717, 1.165) is 43.4 Å². The molecule has 0 amide bonds. The molecule has 1 fully saturated rings. The van der Waals surface area contributed by atoms with Crippen LogP contribution in [0.3, 0.4) is 0 Å². The highest BCUT2D eigenvalue weighted by molar-refractivity contribution is 6.35. The molecule has 2 heterocycles. The fourth-order valence-corrected chi connectivity index (χ4v) is 4.21. The third kappa shape index (κ3) is 4.31. The Morgan fingerprint density at radius 1 is 1.04 bits per heavy atom. The first-order valence-electron chi connectivity index (χ1n) is 9.13. The summed E-state index contributed by atoms with van der Waals surface area (Å²) in [6.07, 6.45) is 3.51. The number of halogens is 3. The summed E-state index contributed by atoms with van der Waals surface area (Å²) < 4.78 is 6.16. The zero-order valence-corrected chi connectivity index (χ0v) is 17.3. The molecule has 146 valence electrons. The van der Waals surface area contributed by atoms with Crippen molar-refractivity contribution in [3.05, 3.63) is 73.6 Å². The van der Waals surface area contributed by atoms with Crippen molar-refractivity contribution in [1.82, 2.24) is 9.88 Å². The Kier molecular flexibility index (Phi) is 5.83. The number of aromatic nitrogens is 1. The molecule has 0 bridgehead atoms. The molecule has 28 heavy (non-hydrogen) atoms. The lowest BCUT2D eigenvalue weighted by molar-refractivity contribution is 0.0970. The molecule has 1 aromatic heterocycles. The predicted octanol–water partition coefficient (Wildman–Crippen LogP) is 5.53. The largest absolute Gasteiger partial charge is 0.489 e.